The molecule has 0 atom stereocenters. The number of nitrogens with one attached hydrogen (secondary N) is 1. The van der Waals surface area contributed by atoms with Gasteiger partial charge in [0.15, 0.2) is 5.78 Å². The van der Waals surface area contributed by atoms with Crippen LogP contribution in [0.4, 0.5) is 0 Å². The van der Waals surface area contributed by atoms with Gasteiger partial charge in [-0.1, -0.05) is 12.1 Å². The fraction of sp³-hybridized carbons (Fsp3) is 0.286. The van der Waals surface area contributed by atoms with Crippen LogP contribution in [-0.4, -0.2) is 33.3 Å². The van der Waals surface area contributed by atoms with Crippen molar-refractivity contribution in [3.63, 3.8) is 0 Å². The quantitative estimate of drug-likeness (QED) is 0.666. The average Bonchev–Trinajstić information content (AvgIpc) is 3.53. The second kappa shape index (κ2) is 7.34. The van der Waals surface area contributed by atoms with Gasteiger partial charge in [-0.3, -0.25) is 24.4 Å². The largest absolute Gasteiger partial charge is 0.355 e. The second-order valence-corrected chi connectivity index (χ2v) is 7.07. The Morgan fingerprint density at radius 3 is 2.75 bits per heavy atom. The lowest BCUT2D eigenvalue weighted by Crippen LogP contribution is -2.32. The molecule has 1 amide bonds. The van der Waals surface area contributed by atoms with E-state index in [4.69, 9.17) is 0 Å². The minimum absolute atomic E-state index is 0.0320. The molecule has 1 aromatic carbocycles. The molecule has 7 nitrogen and oxygen atoms in total. The molecule has 0 unspecified atom stereocenters. The molecular formula is C21H20N4O3. The molecule has 2 aromatic heterocycles. The number of hydrogen-bond acceptors (Lipinski definition) is 5. The highest BCUT2D eigenvalue weighted by Gasteiger charge is 2.26. The molecule has 28 heavy (non-hydrogen) atoms. The molecule has 1 aliphatic rings. The molecule has 4 rings (SSSR count). The van der Waals surface area contributed by atoms with E-state index in [2.05, 4.69) is 15.3 Å². The van der Waals surface area contributed by atoms with Crippen molar-refractivity contribution < 1.29 is 9.59 Å². The summed E-state index contributed by atoms with van der Waals surface area (Å²) < 4.78 is 1.41. The van der Waals surface area contributed by atoms with E-state index in [1.807, 2.05) is 18.2 Å². The average molecular weight is 376 g/mol. The maximum absolute atomic E-state index is 12.9. The highest BCUT2D eigenvalue weighted by Crippen LogP contribution is 2.33. The number of pyridine rings is 1. The van der Waals surface area contributed by atoms with E-state index in [0.29, 0.717) is 23.4 Å². The van der Waals surface area contributed by atoms with Crippen LogP contribution in [0.1, 0.15) is 45.5 Å². The summed E-state index contributed by atoms with van der Waals surface area (Å²) in [6.07, 6.45) is 7.32. The van der Waals surface area contributed by atoms with Crippen molar-refractivity contribution in [3.8, 4) is 0 Å². The summed E-state index contributed by atoms with van der Waals surface area (Å²) >= 11 is 0. The summed E-state index contributed by atoms with van der Waals surface area (Å²) in [4.78, 5) is 46.3. The van der Waals surface area contributed by atoms with Gasteiger partial charge < -0.3 is 9.88 Å². The number of nitrogens with zero attached hydrogens (tertiary/aromatic N) is 3. The first-order valence-corrected chi connectivity index (χ1v) is 9.25. The zero-order valence-electron chi connectivity index (χ0n) is 15.5. The molecule has 1 aliphatic carbocycles. The van der Waals surface area contributed by atoms with Crippen LogP contribution >= 0.6 is 0 Å². The fourth-order valence-corrected chi connectivity index (χ4v) is 3.27. The maximum Gasteiger partial charge on any atom is 0.263 e. The minimum atomic E-state index is -0.502. The van der Waals surface area contributed by atoms with Crippen molar-refractivity contribution in [2.45, 2.75) is 25.8 Å². The molecule has 1 fully saturated rings. The van der Waals surface area contributed by atoms with Crippen molar-refractivity contribution in [2.75, 3.05) is 7.05 Å². The van der Waals surface area contributed by atoms with Crippen LogP contribution in [0, 0.1) is 5.92 Å². The lowest BCUT2D eigenvalue weighted by molar-refractivity contribution is 0.0961. The van der Waals surface area contributed by atoms with Crippen molar-refractivity contribution in [1.82, 2.24) is 19.9 Å². The van der Waals surface area contributed by atoms with Gasteiger partial charge in [-0.25, -0.2) is 0 Å². The second-order valence-electron chi connectivity index (χ2n) is 7.07. The van der Waals surface area contributed by atoms with Crippen LogP contribution < -0.4 is 10.9 Å². The van der Waals surface area contributed by atoms with Gasteiger partial charge in [-0.15, -0.1) is 0 Å². The van der Waals surface area contributed by atoms with Crippen LogP contribution in [0.15, 0.2) is 47.7 Å². The first-order valence-electron chi connectivity index (χ1n) is 9.25. The number of hydrogen-bond donors (Lipinski definition) is 1. The van der Waals surface area contributed by atoms with Gasteiger partial charge in [0, 0.05) is 37.6 Å². The van der Waals surface area contributed by atoms with Crippen molar-refractivity contribution in [1.29, 1.82) is 0 Å². The highest BCUT2D eigenvalue weighted by atomic mass is 16.2. The van der Waals surface area contributed by atoms with Gasteiger partial charge in [0.25, 0.3) is 11.5 Å². The van der Waals surface area contributed by atoms with Gasteiger partial charge in [-0.05, 0) is 36.5 Å². The number of Topliss-reactive ketones (excluding diaryl/α,β-unsaturated/α-hetero) is 1. The molecule has 0 radical (unpaired) electrons. The predicted molar refractivity (Wildman–Crippen MR) is 104 cm³/mol. The number of carbonyl (C=O) groups is 2. The highest BCUT2D eigenvalue weighted by molar-refractivity contribution is 6.00. The molecule has 1 saturated carbocycles. The van der Waals surface area contributed by atoms with E-state index in [9.17, 15) is 14.4 Å². The van der Waals surface area contributed by atoms with Gasteiger partial charge in [-0.2, -0.15) is 0 Å². The van der Waals surface area contributed by atoms with Crippen LogP contribution in [0.2, 0.25) is 0 Å². The first kappa shape index (κ1) is 18.0. The Balaban J connectivity index is 1.79. The summed E-state index contributed by atoms with van der Waals surface area (Å²) in [7, 11) is 1.46. The molecule has 2 heterocycles. The minimum Gasteiger partial charge on any atom is -0.355 e. The van der Waals surface area contributed by atoms with Crippen LogP contribution in [0.25, 0.3) is 11.0 Å². The third-order valence-electron chi connectivity index (χ3n) is 4.97. The zero-order valence-corrected chi connectivity index (χ0v) is 15.5. The van der Waals surface area contributed by atoms with E-state index in [1.54, 1.807) is 18.6 Å². The number of rotatable bonds is 6. The Labute approximate surface area is 161 Å². The van der Waals surface area contributed by atoms with Crippen molar-refractivity contribution in [3.05, 3.63) is 69.9 Å². The van der Waals surface area contributed by atoms with E-state index in [1.165, 1.54) is 17.7 Å². The topological polar surface area (TPSA) is 93.9 Å². The lowest BCUT2D eigenvalue weighted by atomic mass is 10.0. The van der Waals surface area contributed by atoms with E-state index in [-0.39, 0.29) is 17.9 Å². The predicted octanol–water partition coefficient (Wildman–Crippen LogP) is 2.18. The Morgan fingerprint density at radius 1 is 1.21 bits per heavy atom. The van der Waals surface area contributed by atoms with E-state index >= 15 is 0 Å². The standard InChI is InChI=1S/C21H20N4O3/c1-22-20(27)16-10-15(18(26)9-13-5-6-13)12-25(21(16)28)11-14-3-2-4-17-19(14)24-8-7-23-17/h2-4,7-8,10,12-13H,5-6,9,11H2,1H3,(H,22,27). The van der Waals surface area contributed by atoms with Gasteiger partial charge in [0.05, 0.1) is 17.6 Å². The molecule has 0 bridgehead atoms. The van der Waals surface area contributed by atoms with Crippen LogP contribution in [0.3, 0.4) is 0 Å². The van der Waals surface area contributed by atoms with Crippen molar-refractivity contribution in [2.24, 2.45) is 5.92 Å². The summed E-state index contributed by atoms with van der Waals surface area (Å²) in [5, 5.41) is 2.48. The number of fused-ring (bicyclic) bond motifs is 1. The fourth-order valence-electron chi connectivity index (χ4n) is 3.27. The number of aromatic nitrogens is 3. The number of ketones is 1. The number of amides is 1. The van der Waals surface area contributed by atoms with Gasteiger partial charge in [0.1, 0.15) is 5.56 Å². The summed E-state index contributed by atoms with van der Waals surface area (Å²) in [5.74, 6) is -0.124. The Hall–Kier alpha value is -3.35. The number of benzene rings is 1. The Morgan fingerprint density at radius 2 is 2.00 bits per heavy atom. The molecule has 1 N–H and O–H groups in total. The van der Waals surface area contributed by atoms with Gasteiger partial charge in [0.2, 0.25) is 0 Å². The van der Waals surface area contributed by atoms with Crippen molar-refractivity contribution >= 4 is 22.7 Å². The SMILES string of the molecule is CNC(=O)c1cc(C(=O)CC2CC2)cn(Cc2cccc3nccnc23)c1=O. The van der Waals surface area contributed by atoms with E-state index in [0.717, 1.165) is 23.9 Å². The molecule has 0 aliphatic heterocycles. The first-order chi connectivity index (χ1) is 13.6. The molecule has 3 aromatic rings. The summed E-state index contributed by atoms with van der Waals surface area (Å²) in [6, 6.07) is 6.96. The summed E-state index contributed by atoms with van der Waals surface area (Å²) in [5.41, 5.74) is 2.12. The monoisotopic (exact) mass is 376 g/mol. The molecule has 7 heteroatoms. The Bertz CT molecular complexity index is 1130. The third kappa shape index (κ3) is 3.55. The number of carbonyl (C=O) groups excluding carboxylic acids is 2. The molecule has 0 spiro atoms. The Kier molecular flexibility index (Phi) is 4.73. The molecular weight excluding hydrogens is 356 g/mol. The van der Waals surface area contributed by atoms with Crippen LogP contribution in [-0.2, 0) is 6.54 Å². The van der Waals surface area contributed by atoms with Crippen LogP contribution in [0.5, 0.6) is 0 Å². The molecule has 0 saturated heterocycles. The third-order valence-corrected chi connectivity index (χ3v) is 4.97. The molecule has 142 valence electrons. The van der Waals surface area contributed by atoms with Gasteiger partial charge >= 0.3 is 0 Å². The zero-order chi connectivity index (χ0) is 19.7. The number of para-hydroxylation sites is 1. The smallest absolute Gasteiger partial charge is 0.263 e. The van der Waals surface area contributed by atoms with E-state index < -0.39 is 11.5 Å². The maximum atomic E-state index is 12.9. The summed E-state index contributed by atoms with van der Waals surface area (Å²) in [6.45, 7) is 0.198. The lowest BCUT2D eigenvalue weighted by Gasteiger charge is -2.12. The normalized spacial score (nSPS) is 13.5.